The molecule has 0 aliphatic carbocycles. The fraction of sp³-hybridized carbons (Fsp3) is 0.650. The van der Waals surface area contributed by atoms with E-state index in [1.807, 2.05) is 12.1 Å². The molecule has 7 heteroatoms. The summed E-state index contributed by atoms with van der Waals surface area (Å²) in [7, 11) is 1.74. The average Bonchev–Trinajstić information content (AvgIpc) is 3.36. The number of methoxy groups -OCH3 is 1. The molecule has 2 fully saturated rings. The standard InChI is InChI=1S/C20H32N4O2.HI/c1-3-21-20(23-14-17-7-6-12-26-17)22-13-16-10-11-24(15-16)18-8-4-5-9-19(18)25-2;/h4-5,8-9,16-17H,3,6-7,10-15H2,1-2H3,(H2,21,22,23);1H. The summed E-state index contributed by atoms with van der Waals surface area (Å²) in [5.41, 5.74) is 1.19. The fourth-order valence-corrected chi connectivity index (χ4v) is 3.67. The molecule has 0 spiro atoms. The van der Waals surface area contributed by atoms with Crippen LogP contribution in [0.5, 0.6) is 5.75 Å². The van der Waals surface area contributed by atoms with Crippen LogP contribution in [0, 0.1) is 5.92 Å². The van der Waals surface area contributed by atoms with E-state index in [2.05, 4.69) is 34.6 Å². The van der Waals surface area contributed by atoms with Crippen LogP contribution in [0.25, 0.3) is 0 Å². The van der Waals surface area contributed by atoms with Gasteiger partial charge in [0.05, 0.1) is 18.9 Å². The summed E-state index contributed by atoms with van der Waals surface area (Å²) in [6.07, 6.45) is 3.79. The maximum Gasteiger partial charge on any atom is 0.191 e. The molecule has 1 aromatic carbocycles. The van der Waals surface area contributed by atoms with Gasteiger partial charge in [-0.3, -0.25) is 4.99 Å². The minimum atomic E-state index is 0. The Labute approximate surface area is 180 Å². The lowest BCUT2D eigenvalue weighted by Gasteiger charge is -2.21. The molecule has 152 valence electrons. The molecular formula is C20H33IN4O2. The van der Waals surface area contributed by atoms with Crippen molar-refractivity contribution in [2.24, 2.45) is 10.9 Å². The summed E-state index contributed by atoms with van der Waals surface area (Å²) in [6.45, 7) is 7.62. The van der Waals surface area contributed by atoms with Gasteiger partial charge in [-0.05, 0) is 44.2 Å². The summed E-state index contributed by atoms with van der Waals surface area (Å²) in [4.78, 5) is 7.22. The second kappa shape index (κ2) is 11.6. The highest BCUT2D eigenvalue weighted by atomic mass is 127. The molecular weight excluding hydrogens is 455 g/mol. The molecule has 27 heavy (non-hydrogen) atoms. The van der Waals surface area contributed by atoms with E-state index in [-0.39, 0.29) is 24.0 Å². The molecule has 2 unspecified atom stereocenters. The van der Waals surface area contributed by atoms with E-state index in [1.165, 1.54) is 12.1 Å². The van der Waals surface area contributed by atoms with Crippen molar-refractivity contribution in [3.63, 3.8) is 0 Å². The van der Waals surface area contributed by atoms with E-state index >= 15 is 0 Å². The molecule has 3 rings (SSSR count). The van der Waals surface area contributed by atoms with Crippen LogP contribution in [-0.4, -0.2) is 58.5 Å². The first-order chi connectivity index (χ1) is 12.8. The van der Waals surface area contributed by atoms with E-state index in [1.54, 1.807) is 7.11 Å². The van der Waals surface area contributed by atoms with Gasteiger partial charge in [-0.25, -0.2) is 0 Å². The second-order valence-corrected chi connectivity index (χ2v) is 7.01. The van der Waals surface area contributed by atoms with Crippen molar-refractivity contribution in [2.45, 2.75) is 32.3 Å². The van der Waals surface area contributed by atoms with E-state index in [4.69, 9.17) is 14.5 Å². The monoisotopic (exact) mass is 488 g/mol. The molecule has 6 nitrogen and oxygen atoms in total. The Hall–Kier alpha value is -1.22. The third kappa shape index (κ3) is 6.41. The molecule has 2 atom stereocenters. The van der Waals surface area contributed by atoms with Crippen LogP contribution in [0.3, 0.4) is 0 Å². The van der Waals surface area contributed by atoms with E-state index < -0.39 is 0 Å². The van der Waals surface area contributed by atoms with Crippen LogP contribution in [0.15, 0.2) is 29.3 Å². The van der Waals surface area contributed by atoms with Crippen LogP contribution in [0.1, 0.15) is 26.2 Å². The van der Waals surface area contributed by atoms with Crippen molar-refractivity contribution in [3.05, 3.63) is 24.3 Å². The van der Waals surface area contributed by atoms with E-state index in [0.29, 0.717) is 12.0 Å². The van der Waals surface area contributed by atoms with Gasteiger partial charge in [0, 0.05) is 39.3 Å². The molecule has 1 aromatic rings. The minimum Gasteiger partial charge on any atom is -0.495 e. The summed E-state index contributed by atoms with van der Waals surface area (Å²) in [5.74, 6) is 2.42. The zero-order valence-corrected chi connectivity index (χ0v) is 18.8. The quantitative estimate of drug-likeness (QED) is 0.351. The summed E-state index contributed by atoms with van der Waals surface area (Å²) >= 11 is 0. The predicted molar refractivity (Wildman–Crippen MR) is 122 cm³/mol. The number of guanidine groups is 1. The number of nitrogens with one attached hydrogen (secondary N) is 2. The number of hydrogen-bond acceptors (Lipinski definition) is 4. The van der Waals surface area contributed by atoms with Gasteiger partial charge < -0.3 is 25.0 Å². The van der Waals surface area contributed by atoms with Crippen molar-refractivity contribution < 1.29 is 9.47 Å². The number of aliphatic imine (C=N–C) groups is 1. The Bertz CT molecular complexity index is 593. The van der Waals surface area contributed by atoms with Crippen LogP contribution >= 0.6 is 24.0 Å². The van der Waals surface area contributed by atoms with E-state index in [9.17, 15) is 0 Å². The lowest BCUT2D eigenvalue weighted by molar-refractivity contribution is 0.114. The Morgan fingerprint density at radius 3 is 2.89 bits per heavy atom. The van der Waals surface area contributed by atoms with Crippen LogP contribution in [-0.2, 0) is 4.74 Å². The van der Waals surface area contributed by atoms with E-state index in [0.717, 1.165) is 63.9 Å². The molecule has 2 saturated heterocycles. The molecule has 2 heterocycles. The topological polar surface area (TPSA) is 58.1 Å². The number of ether oxygens (including phenoxy) is 2. The Morgan fingerprint density at radius 1 is 1.30 bits per heavy atom. The largest absolute Gasteiger partial charge is 0.495 e. The van der Waals surface area contributed by atoms with Gasteiger partial charge in [-0.15, -0.1) is 24.0 Å². The molecule has 2 aliphatic rings. The van der Waals surface area contributed by atoms with Gasteiger partial charge in [0.15, 0.2) is 5.96 Å². The summed E-state index contributed by atoms with van der Waals surface area (Å²) in [5, 5.41) is 6.77. The first kappa shape index (κ1) is 22.1. The molecule has 0 bridgehead atoms. The number of hydrogen-bond donors (Lipinski definition) is 2. The van der Waals surface area contributed by atoms with Gasteiger partial charge in [0.2, 0.25) is 0 Å². The van der Waals surface area contributed by atoms with Gasteiger partial charge >= 0.3 is 0 Å². The fourth-order valence-electron chi connectivity index (χ4n) is 3.67. The van der Waals surface area contributed by atoms with Gasteiger partial charge in [0.1, 0.15) is 5.75 Å². The molecule has 0 aromatic heterocycles. The number of para-hydroxylation sites is 2. The molecule has 0 amide bonds. The Kier molecular flexibility index (Phi) is 9.47. The highest BCUT2D eigenvalue weighted by molar-refractivity contribution is 14.0. The smallest absolute Gasteiger partial charge is 0.191 e. The zero-order chi connectivity index (χ0) is 18.2. The lowest BCUT2D eigenvalue weighted by Crippen LogP contribution is -2.41. The molecule has 2 aliphatic heterocycles. The van der Waals surface area contributed by atoms with Gasteiger partial charge in [-0.2, -0.15) is 0 Å². The molecule has 2 N–H and O–H groups in total. The van der Waals surface area contributed by atoms with Crippen molar-refractivity contribution in [1.82, 2.24) is 10.6 Å². The van der Waals surface area contributed by atoms with Crippen molar-refractivity contribution in [2.75, 3.05) is 51.3 Å². The maximum absolute atomic E-state index is 5.68. The number of halogens is 1. The number of benzene rings is 1. The average molecular weight is 488 g/mol. The minimum absolute atomic E-state index is 0. The van der Waals surface area contributed by atoms with Crippen LogP contribution in [0.2, 0.25) is 0 Å². The lowest BCUT2D eigenvalue weighted by atomic mass is 10.1. The summed E-state index contributed by atoms with van der Waals surface area (Å²) < 4.78 is 11.2. The highest BCUT2D eigenvalue weighted by Gasteiger charge is 2.24. The third-order valence-electron chi connectivity index (χ3n) is 5.08. The maximum atomic E-state index is 5.68. The van der Waals surface area contributed by atoms with Gasteiger partial charge in [0.25, 0.3) is 0 Å². The zero-order valence-electron chi connectivity index (χ0n) is 16.4. The second-order valence-electron chi connectivity index (χ2n) is 7.01. The molecule has 0 saturated carbocycles. The highest BCUT2D eigenvalue weighted by Crippen LogP contribution is 2.31. The Morgan fingerprint density at radius 2 is 2.15 bits per heavy atom. The van der Waals surface area contributed by atoms with Crippen molar-refractivity contribution in [1.29, 1.82) is 0 Å². The normalized spacial score (nSPS) is 22.4. The van der Waals surface area contributed by atoms with Gasteiger partial charge in [-0.1, -0.05) is 12.1 Å². The SMILES string of the molecule is CCNC(=NCC1CCN(c2ccccc2OC)C1)NCC1CCCO1.I. The third-order valence-corrected chi connectivity index (χ3v) is 5.08. The number of rotatable bonds is 7. The molecule has 0 radical (unpaired) electrons. The first-order valence-electron chi connectivity index (χ1n) is 9.82. The number of nitrogens with zero attached hydrogens (tertiary/aromatic N) is 2. The Balaban J connectivity index is 0.00000261. The number of anilines is 1. The van der Waals surface area contributed by atoms with Crippen molar-refractivity contribution in [3.8, 4) is 5.75 Å². The first-order valence-corrected chi connectivity index (χ1v) is 9.82. The van der Waals surface area contributed by atoms with Crippen LogP contribution in [0.4, 0.5) is 5.69 Å². The van der Waals surface area contributed by atoms with Crippen LogP contribution < -0.4 is 20.3 Å². The summed E-state index contributed by atoms with van der Waals surface area (Å²) in [6, 6.07) is 8.25. The predicted octanol–water partition coefficient (Wildman–Crippen LogP) is 2.87. The van der Waals surface area contributed by atoms with Crippen molar-refractivity contribution >= 4 is 35.6 Å².